The first-order chi connectivity index (χ1) is 4.48. The van der Waals surface area contributed by atoms with Gasteiger partial charge < -0.3 is 16.7 Å². The molecule has 0 amide bonds. The van der Waals surface area contributed by atoms with Crippen LogP contribution in [0.5, 0.6) is 0 Å². The van der Waals surface area contributed by atoms with Crippen LogP contribution in [-0.2, 0) is 4.57 Å². The molecule has 0 aromatic heterocycles. The van der Waals surface area contributed by atoms with Crippen LogP contribution in [0.4, 0.5) is 0 Å². The van der Waals surface area contributed by atoms with E-state index >= 15 is 0 Å². The van der Waals surface area contributed by atoms with Crippen molar-refractivity contribution < 1.29 is 43.9 Å². The predicted octanol–water partition coefficient (Wildman–Crippen LogP) is -1.34. The van der Waals surface area contributed by atoms with Gasteiger partial charge in [0.25, 0.3) is 0 Å². The molecule has 62 valence electrons. The van der Waals surface area contributed by atoms with Gasteiger partial charge in [-0.1, -0.05) is 12.2 Å². The summed E-state index contributed by atoms with van der Waals surface area (Å²) in [4.78, 5) is 16.5. The second-order valence-electron chi connectivity index (χ2n) is 1.01. The Morgan fingerprint density at radius 3 is 1.82 bits per heavy atom. The third-order valence-corrected chi connectivity index (χ3v) is 3.71. The van der Waals surface area contributed by atoms with Gasteiger partial charge in [0, 0.05) is 0 Å². The van der Waals surface area contributed by atoms with Crippen LogP contribution in [0.1, 0.15) is 6.92 Å². The summed E-state index contributed by atoms with van der Waals surface area (Å²) in [6, 6.07) is 0. The van der Waals surface area contributed by atoms with Crippen molar-refractivity contribution in [3.8, 4) is 0 Å². The van der Waals surface area contributed by atoms with Crippen LogP contribution in [0.15, 0.2) is 0 Å². The molecule has 0 bridgehead atoms. The zero-order valence-corrected chi connectivity index (χ0v) is 11.3. The van der Waals surface area contributed by atoms with Crippen molar-refractivity contribution in [2.75, 3.05) is 6.26 Å². The van der Waals surface area contributed by atoms with Gasteiger partial charge in [0.2, 0.25) is 0 Å². The molecule has 0 atom stereocenters. The van der Waals surface area contributed by atoms with E-state index in [1.165, 1.54) is 6.26 Å². The van der Waals surface area contributed by atoms with Gasteiger partial charge in [-0.25, -0.2) is 0 Å². The number of hydrogen-bond acceptors (Lipinski definition) is 3. The maximum absolute atomic E-state index is 10.1. The van der Waals surface area contributed by atoms with E-state index in [9.17, 15) is 4.57 Å². The average molecular weight is 224 g/mol. The molecule has 7 heteroatoms. The summed E-state index contributed by atoms with van der Waals surface area (Å²) in [6.07, 6.45) is 1.53. The summed E-state index contributed by atoms with van der Waals surface area (Å²) in [7, 11) is -4.06. The van der Waals surface area contributed by atoms with E-state index in [0.717, 1.165) is 11.8 Å². The van der Waals surface area contributed by atoms with Gasteiger partial charge in [-0.3, -0.25) is 4.57 Å². The van der Waals surface area contributed by atoms with Gasteiger partial charge in [-0.2, -0.15) is 6.92 Å². The van der Waals surface area contributed by atoms with Crippen molar-refractivity contribution >= 4 is 35.5 Å². The molecule has 0 saturated carbocycles. The first-order valence-electron chi connectivity index (χ1n) is 2.33. The number of thiocarbonyl (C=S) groups is 1. The summed E-state index contributed by atoms with van der Waals surface area (Å²) in [5.41, 5.74) is 0. The standard InChI is InChI=1S/C2H5O3PS2.C2H5.Na/c1-8-2(7)6(3,4)5;1-2;/h1H3,(H2,3,4,5);1H2,2H3;/q;-1;+1. The van der Waals surface area contributed by atoms with Crippen LogP contribution in [-0.4, -0.2) is 20.0 Å². The van der Waals surface area contributed by atoms with E-state index in [2.05, 4.69) is 19.1 Å². The molecule has 0 spiro atoms. The molecular formula is C4H10NaO3PS2. The Balaban J connectivity index is -0.000000196. The molecule has 0 aromatic carbocycles. The molecule has 0 aliphatic carbocycles. The largest absolute Gasteiger partial charge is 1.00 e. The molecule has 0 aromatic rings. The summed E-state index contributed by atoms with van der Waals surface area (Å²) in [5, 5.41) is 0. The average Bonchev–Trinajstić information content (AvgIpc) is 1.89. The van der Waals surface area contributed by atoms with Crippen molar-refractivity contribution in [2.45, 2.75) is 6.92 Å². The summed E-state index contributed by atoms with van der Waals surface area (Å²) in [5.74, 6) is 0. The molecule has 2 N–H and O–H groups in total. The molecule has 0 unspecified atom stereocenters. The monoisotopic (exact) mass is 224 g/mol. The Morgan fingerprint density at radius 1 is 1.55 bits per heavy atom. The SMILES string of the molecule is CSC(=S)P(=O)(O)O.[CH2-]C.[Na+]. The fourth-order valence-corrected chi connectivity index (χ4v) is 1.07. The normalized spacial score (nSPS) is 8.82. The van der Waals surface area contributed by atoms with Crippen LogP contribution in [0.2, 0.25) is 0 Å². The van der Waals surface area contributed by atoms with Crippen molar-refractivity contribution in [3.63, 3.8) is 0 Å². The molecule has 0 aliphatic rings. The second kappa shape index (κ2) is 9.68. The minimum atomic E-state index is -4.06. The molecule has 3 nitrogen and oxygen atoms in total. The van der Waals surface area contributed by atoms with Crippen LogP contribution in [0.25, 0.3) is 0 Å². The summed E-state index contributed by atoms with van der Waals surface area (Å²) in [6.45, 7) is 5.00. The molecule has 0 radical (unpaired) electrons. The van der Waals surface area contributed by atoms with E-state index in [1.54, 1.807) is 6.92 Å². The van der Waals surface area contributed by atoms with Gasteiger partial charge in [0.05, 0.1) is 0 Å². The first-order valence-corrected chi connectivity index (χ1v) is 5.58. The first kappa shape index (κ1) is 18.4. The molecule has 11 heavy (non-hydrogen) atoms. The Morgan fingerprint density at radius 2 is 1.82 bits per heavy atom. The maximum atomic E-state index is 10.1. The minimum absolute atomic E-state index is 0. The van der Waals surface area contributed by atoms with E-state index in [4.69, 9.17) is 9.79 Å². The fourth-order valence-electron chi connectivity index (χ4n) is 0.119. The Labute approximate surface area is 98.8 Å². The van der Waals surface area contributed by atoms with Gasteiger partial charge in [-0.05, 0) is 6.26 Å². The zero-order chi connectivity index (χ0) is 8.78. The van der Waals surface area contributed by atoms with Crippen molar-refractivity contribution in [1.82, 2.24) is 0 Å². The zero-order valence-electron chi connectivity index (χ0n) is 6.77. The van der Waals surface area contributed by atoms with Gasteiger partial charge in [0.1, 0.15) is 0 Å². The molecule has 0 saturated heterocycles. The van der Waals surface area contributed by atoms with Crippen LogP contribution in [0.3, 0.4) is 0 Å². The smallest absolute Gasteiger partial charge is 0.346 e. The predicted molar refractivity (Wildman–Crippen MR) is 49.2 cm³/mol. The Bertz CT molecular complexity index is 146. The number of thioether (sulfide) groups is 1. The summed E-state index contributed by atoms with van der Waals surface area (Å²) < 4.78 is 9.84. The van der Waals surface area contributed by atoms with Crippen LogP contribution >= 0.6 is 31.6 Å². The maximum Gasteiger partial charge on any atom is 1.00 e. The van der Waals surface area contributed by atoms with Gasteiger partial charge in [0.15, 0.2) is 3.94 Å². The summed E-state index contributed by atoms with van der Waals surface area (Å²) >= 11 is 5.19. The molecule has 0 rings (SSSR count). The second-order valence-corrected chi connectivity index (χ2v) is 4.64. The van der Waals surface area contributed by atoms with E-state index in [-0.39, 0.29) is 33.5 Å². The topological polar surface area (TPSA) is 57.5 Å². The van der Waals surface area contributed by atoms with Crippen LogP contribution in [0, 0.1) is 6.92 Å². The third kappa shape index (κ3) is 11.6. The van der Waals surface area contributed by atoms with Gasteiger partial charge in [-0.15, -0.1) is 11.8 Å². The Kier molecular flexibility index (Phi) is 16.2. The number of hydrogen-bond donors (Lipinski definition) is 2. The third-order valence-electron chi connectivity index (χ3n) is 0.412. The van der Waals surface area contributed by atoms with E-state index < -0.39 is 7.60 Å². The van der Waals surface area contributed by atoms with E-state index in [0.29, 0.717) is 0 Å². The molecule has 0 heterocycles. The quantitative estimate of drug-likeness (QED) is 0.250. The molecular weight excluding hydrogens is 214 g/mol. The van der Waals surface area contributed by atoms with Crippen molar-refractivity contribution in [3.05, 3.63) is 6.92 Å². The van der Waals surface area contributed by atoms with E-state index in [1.807, 2.05) is 0 Å². The fraction of sp³-hybridized carbons (Fsp3) is 0.500. The number of rotatable bonds is 1. The Hall–Kier alpha value is 1.59. The van der Waals surface area contributed by atoms with Crippen LogP contribution < -0.4 is 29.6 Å². The molecule has 0 fully saturated rings. The van der Waals surface area contributed by atoms with Gasteiger partial charge >= 0.3 is 37.2 Å². The van der Waals surface area contributed by atoms with Crippen molar-refractivity contribution in [1.29, 1.82) is 0 Å². The van der Waals surface area contributed by atoms with Crippen molar-refractivity contribution in [2.24, 2.45) is 0 Å². The minimum Gasteiger partial charge on any atom is -0.346 e. The molecule has 0 aliphatic heterocycles.